The molecule has 2 aromatic rings. The number of nitrogens with zero attached hydrogens (tertiary/aromatic N) is 2. The highest BCUT2D eigenvalue weighted by Crippen LogP contribution is 2.32. The first-order valence-corrected chi connectivity index (χ1v) is 7.46. The van der Waals surface area contributed by atoms with Crippen molar-refractivity contribution < 1.29 is 18.9 Å². The number of hydrogen-bond donors (Lipinski definition) is 2. The summed E-state index contributed by atoms with van der Waals surface area (Å²) in [4.78, 5) is 38.0. The van der Waals surface area contributed by atoms with Crippen molar-refractivity contribution in [3.8, 4) is 0 Å². The van der Waals surface area contributed by atoms with E-state index in [1.807, 2.05) is 13.0 Å². The molecule has 24 heavy (non-hydrogen) atoms. The highest BCUT2D eigenvalue weighted by atomic mass is 16.5. The third-order valence-corrected chi connectivity index (χ3v) is 3.98. The summed E-state index contributed by atoms with van der Waals surface area (Å²) in [6, 6.07) is 9.85. The molecule has 1 aliphatic rings. The van der Waals surface area contributed by atoms with E-state index in [2.05, 4.69) is 20.3 Å². The predicted octanol–water partition coefficient (Wildman–Crippen LogP) is 1.47. The minimum atomic E-state index is -1.15. The zero-order chi connectivity index (χ0) is 17.2. The lowest BCUT2D eigenvalue weighted by molar-refractivity contribution is -0.134. The van der Waals surface area contributed by atoms with Crippen LogP contribution in [0.4, 0.5) is 10.6 Å². The SMILES string of the molecule is CCC1(c2ccccc2)NC(=O)N(CC(=O)Nc2ccon2)C1=O. The van der Waals surface area contributed by atoms with E-state index in [-0.39, 0.29) is 5.82 Å². The Morgan fingerprint density at radius 3 is 2.67 bits per heavy atom. The Balaban J connectivity index is 1.79. The number of amides is 4. The van der Waals surface area contributed by atoms with Crippen LogP contribution in [-0.4, -0.2) is 34.4 Å². The van der Waals surface area contributed by atoms with E-state index in [4.69, 9.17) is 0 Å². The smallest absolute Gasteiger partial charge is 0.325 e. The first kappa shape index (κ1) is 15.7. The van der Waals surface area contributed by atoms with Crippen LogP contribution in [-0.2, 0) is 15.1 Å². The largest absolute Gasteiger partial charge is 0.363 e. The lowest BCUT2D eigenvalue weighted by Crippen LogP contribution is -2.44. The van der Waals surface area contributed by atoms with Gasteiger partial charge in [0.2, 0.25) is 5.91 Å². The van der Waals surface area contributed by atoms with Crippen LogP contribution in [0.3, 0.4) is 0 Å². The Hall–Kier alpha value is -3.16. The maximum atomic E-state index is 12.8. The van der Waals surface area contributed by atoms with E-state index in [1.54, 1.807) is 24.3 Å². The van der Waals surface area contributed by atoms with Gasteiger partial charge in [-0.25, -0.2) is 4.79 Å². The number of rotatable bonds is 5. The Morgan fingerprint density at radius 1 is 1.29 bits per heavy atom. The number of aromatic nitrogens is 1. The van der Waals surface area contributed by atoms with Gasteiger partial charge in [0, 0.05) is 6.07 Å². The third-order valence-electron chi connectivity index (χ3n) is 3.98. The van der Waals surface area contributed by atoms with Crippen LogP contribution in [0.25, 0.3) is 0 Å². The molecule has 0 radical (unpaired) electrons. The average Bonchev–Trinajstić information content (AvgIpc) is 3.18. The van der Waals surface area contributed by atoms with Gasteiger partial charge in [-0.15, -0.1) is 0 Å². The molecule has 124 valence electrons. The molecule has 4 amide bonds. The number of hydrogen-bond acceptors (Lipinski definition) is 5. The van der Waals surface area contributed by atoms with Gasteiger partial charge in [-0.1, -0.05) is 42.4 Å². The predicted molar refractivity (Wildman–Crippen MR) is 83.8 cm³/mol. The first-order chi connectivity index (χ1) is 11.6. The summed E-state index contributed by atoms with van der Waals surface area (Å²) in [5.41, 5.74) is -0.461. The van der Waals surface area contributed by atoms with Gasteiger partial charge in [-0.2, -0.15) is 0 Å². The van der Waals surface area contributed by atoms with Crippen molar-refractivity contribution in [1.82, 2.24) is 15.4 Å². The van der Waals surface area contributed by atoms with E-state index in [0.717, 1.165) is 4.90 Å². The molecule has 3 rings (SSSR count). The Morgan fingerprint density at radius 2 is 2.04 bits per heavy atom. The number of benzene rings is 1. The van der Waals surface area contributed by atoms with E-state index in [1.165, 1.54) is 12.3 Å². The molecule has 2 heterocycles. The van der Waals surface area contributed by atoms with Gasteiger partial charge in [0.05, 0.1) is 0 Å². The Bertz CT molecular complexity index is 760. The van der Waals surface area contributed by atoms with Crippen molar-refractivity contribution >= 4 is 23.7 Å². The maximum Gasteiger partial charge on any atom is 0.325 e. The number of nitrogens with one attached hydrogen (secondary N) is 2. The highest BCUT2D eigenvalue weighted by molar-refractivity contribution is 6.10. The fraction of sp³-hybridized carbons (Fsp3) is 0.250. The van der Waals surface area contributed by atoms with Crippen LogP contribution in [0.15, 0.2) is 47.2 Å². The fourth-order valence-electron chi connectivity index (χ4n) is 2.73. The molecule has 1 aromatic carbocycles. The molecule has 1 saturated heterocycles. The molecule has 1 aliphatic heterocycles. The average molecular weight is 328 g/mol. The van der Waals surface area contributed by atoms with Crippen LogP contribution in [0.5, 0.6) is 0 Å². The molecule has 0 aliphatic carbocycles. The Kier molecular flexibility index (Phi) is 4.03. The van der Waals surface area contributed by atoms with Gasteiger partial charge >= 0.3 is 6.03 Å². The fourth-order valence-corrected chi connectivity index (χ4v) is 2.73. The van der Waals surface area contributed by atoms with Gasteiger partial charge in [0.1, 0.15) is 18.3 Å². The highest BCUT2D eigenvalue weighted by Gasteiger charge is 2.51. The summed E-state index contributed by atoms with van der Waals surface area (Å²) in [7, 11) is 0. The quantitative estimate of drug-likeness (QED) is 0.809. The van der Waals surface area contributed by atoms with Crippen LogP contribution in [0, 0.1) is 0 Å². The van der Waals surface area contributed by atoms with Crippen molar-refractivity contribution in [2.45, 2.75) is 18.9 Å². The molecule has 8 nitrogen and oxygen atoms in total. The maximum absolute atomic E-state index is 12.8. The van der Waals surface area contributed by atoms with Crippen molar-refractivity contribution in [1.29, 1.82) is 0 Å². The molecule has 2 N–H and O–H groups in total. The van der Waals surface area contributed by atoms with Gasteiger partial charge in [-0.3, -0.25) is 14.5 Å². The molecule has 1 aromatic heterocycles. The van der Waals surface area contributed by atoms with E-state index in [0.29, 0.717) is 12.0 Å². The molecular formula is C16H16N4O4. The molecule has 8 heteroatoms. The van der Waals surface area contributed by atoms with Crippen LogP contribution >= 0.6 is 0 Å². The van der Waals surface area contributed by atoms with Gasteiger partial charge < -0.3 is 15.2 Å². The van der Waals surface area contributed by atoms with Gasteiger partial charge in [0.25, 0.3) is 5.91 Å². The molecule has 1 unspecified atom stereocenters. The second kappa shape index (κ2) is 6.15. The topological polar surface area (TPSA) is 105 Å². The zero-order valence-electron chi connectivity index (χ0n) is 13.0. The second-order valence-corrected chi connectivity index (χ2v) is 5.38. The molecule has 0 bridgehead atoms. The lowest BCUT2D eigenvalue weighted by atomic mass is 9.87. The van der Waals surface area contributed by atoms with Crippen molar-refractivity contribution in [2.75, 3.05) is 11.9 Å². The minimum Gasteiger partial charge on any atom is -0.363 e. The summed E-state index contributed by atoms with van der Waals surface area (Å²) in [5, 5.41) is 8.73. The molecule has 0 spiro atoms. The third kappa shape index (κ3) is 2.62. The van der Waals surface area contributed by atoms with E-state index in [9.17, 15) is 14.4 Å². The summed E-state index contributed by atoms with van der Waals surface area (Å²) in [6.45, 7) is 1.41. The van der Waals surface area contributed by atoms with Crippen molar-refractivity contribution in [3.63, 3.8) is 0 Å². The minimum absolute atomic E-state index is 0.219. The number of imide groups is 1. The second-order valence-electron chi connectivity index (χ2n) is 5.38. The molecule has 1 atom stereocenters. The van der Waals surface area contributed by atoms with Crippen LogP contribution < -0.4 is 10.6 Å². The first-order valence-electron chi connectivity index (χ1n) is 7.46. The van der Waals surface area contributed by atoms with Gasteiger partial charge in [0.15, 0.2) is 5.82 Å². The van der Waals surface area contributed by atoms with Gasteiger partial charge in [-0.05, 0) is 12.0 Å². The Labute approximate surface area is 137 Å². The lowest BCUT2D eigenvalue weighted by Gasteiger charge is -2.25. The summed E-state index contributed by atoms with van der Waals surface area (Å²) < 4.78 is 4.61. The molecule has 1 fully saturated rings. The van der Waals surface area contributed by atoms with Crippen molar-refractivity contribution in [3.05, 3.63) is 48.2 Å². The number of urea groups is 1. The summed E-state index contributed by atoms with van der Waals surface area (Å²) >= 11 is 0. The normalized spacial score (nSPS) is 20.1. The zero-order valence-corrected chi connectivity index (χ0v) is 13.0. The number of carbonyl (C=O) groups is 3. The van der Waals surface area contributed by atoms with E-state index < -0.39 is 29.9 Å². The van der Waals surface area contributed by atoms with Crippen LogP contribution in [0.2, 0.25) is 0 Å². The number of anilines is 1. The summed E-state index contributed by atoms with van der Waals surface area (Å²) in [6.07, 6.45) is 1.68. The molecular weight excluding hydrogens is 312 g/mol. The van der Waals surface area contributed by atoms with Crippen LogP contribution in [0.1, 0.15) is 18.9 Å². The number of carbonyl (C=O) groups excluding carboxylic acids is 3. The monoisotopic (exact) mass is 328 g/mol. The summed E-state index contributed by atoms with van der Waals surface area (Å²) in [5.74, 6) is -0.763. The van der Waals surface area contributed by atoms with E-state index >= 15 is 0 Å². The standard InChI is InChI=1S/C16H16N4O4/c1-2-16(11-6-4-3-5-7-11)14(22)20(15(23)18-16)10-13(21)17-12-8-9-24-19-12/h3-9H,2,10H2,1H3,(H,18,23)(H,17,19,21). The van der Waals surface area contributed by atoms with Crippen molar-refractivity contribution in [2.24, 2.45) is 0 Å². The molecule has 0 saturated carbocycles.